The number of non-ortho nitro benzene ring substituents is 1. The van der Waals surface area contributed by atoms with E-state index in [4.69, 9.17) is 0 Å². The predicted molar refractivity (Wildman–Crippen MR) is 107 cm³/mol. The molecule has 0 saturated heterocycles. The maximum absolute atomic E-state index is 12.4. The highest BCUT2D eigenvalue weighted by molar-refractivity contribution is 7.99. The molecule has 1 heterocycles. The average Bonchev–Trinajstić information content (AvgIpc) is 3.15. The fourth-order valence-corrected chi connectivity index (χ4v) is 3.53. The molecule has 0 aliphatic carbocycles. The van der Waals surface area contributed by atoms with E-state index in [-0.39, 0.29) is 17.3 Å². The van der Waals surface area contributed by atoms with Crippen molar-refractivity contribution in [2.75, 3.05) is 12.8 Å². The SMILES string of the molecule is CNC(=O)CSc1ncc(-c2cccc([N+](=O)[O-])c2)n1-c1ccc(OC(F)(F)F)cc1. The van der Waals surface area contributed by atoms with Crippen LogP contribution in [-0.2, 0) is 4.79 Å². The van der Waals surface area contributed by atoms with Crippen LogP contribution in [0.25, 0.3) is 16.9 Å². The number of carbonyl (C=O) groups excluding carboxylic acids is 1. The molecule has 1 aromatic heterocycles. The lowest BCUT2D eigenvalue weighted by atomic mass is 10.1. The van der Waals surface area contributed by atoms with Gasteiger partial charge in [-0.2, -0.15) is 0 Å². The van der Waals surface area contributed by atoms with Gasteiger partial charge in [0.1, 0.15) is 5.75 Å². The Bertz CT molecular complexity index is 1100. The van der Waals surface area contributed by atoms with Gasteiger partial charge in [-0.15, -0.1) is 13.2 Å². The Kier molecular flexibility index (Phi) is 6.49. The van der Waals surface area contributed by atoms with Crippen molar-refractivity contribution >= 4 is 23.4 Å². The number of rotatable bonds is 7. The lowest BCUT2D eigenvalue weighted by Crippen LogP contribution is -2.20. The summed E-state index contributed by atoms with van der Waals surface area (Å²) in [5.41, 5.74) is 1.25. The van der Waals surface area contributed by atoms with Crippen LogP contribution < -0.4 is 10.1 Å². The van der Waals surface area contributed by atoms with Crippen molar-refractivity contribution in [3.05, 3.63) is 64.8 Å². The zero-order valence-corrected chi connectivity index (χ0v) is 16.7. The van der Waals surface area contributed by atoms with Crippen LogP contribution in [0.2, 0.25) is 0 Å². The summed E-state index contributed by atoms with van der Waals surface area (Å²) >= 11 is 1.11. The molecule has 0 aliphatic heterocycles. The highest BCUT2D eigenvalue weighted by atomic mass is 32.2. The summed E-state index contributed by atoms with van der Waals surface area (Å²) in [5.74, 6) is -0.588. The zero-order chi connectivity index (χ0) is 22.6. The van der Waals surface area contributed by atoms with Crippen LogP contribution in [-0.4, -0.2) is 39.5 Å². The summed E-state index contributed by atoms with van der Waals surface area (Å²) in [4.78, 5) is 26.5. The maximum atomic E-state index is 12.4. The second-order valence-corrected chi connectivity index (χ2v) is 7.01. The largest absolute Gasteiger partial charge is 0.573 e. The highest BCUT2D eigenvalue weighted by Gasteiger charge is 2.31. The summed E-state index contributed by atoms with van der Waals surface area (Å²) in [5, 5.41) is 14.0. The Morgan fingerprint density at radius 2 is 1.97 bits per heavy atom. The van der Waals surface area contributed by atoms with Crippen LogP contribution >= 0.6 is 11.8 Å². The molecule has 162 valence electrons. The van der Waals surface area contributed by atoms with Gasteiger partial charge in [0, 0.05) is 30.4 Å². The van der Waals surface area contributed by atoms with Crippen molar-refractivity contribution < 1.29 is 27.6 Å². The second kappa shape index (κ2) is 9.08. The molecule has 3 rings (SSSR count). The van der Waals surface area contributed by atoms with E-state index in [0.717, 1.165) is 23.9 Å². The number of nitrogens with zero attached hydrogens (tertiary/aromatic N) is 3. The molecule has 0 atom stereocenters. The van der Waals surface area contributed by atoms with E-state index in [0.29, 0.717) is 22.1 Å². The molecule has 0 aliphatic rings. The monoisotopic (exact) mass is 452 g/mol. The van der Waals surface area contributed by atoms with Crippen LogP contribution in [0.15, 0.2) is 59.9 Å². The van der Waals surface area contributed by atoms with Crippen LogP contribution in [0.1, 0.15) is 0 Å². The number of nitrogens with one attached hydrogen (secondary N) is 1. The summed E-state index contributed by atoms with van der Waals surface area (Å²) in [7, 11) is 1.49. The Morgan fingerprint density at radius 1 is 1.26 bits per heavy atom. The number of hydrogen-bond donors (Lipinski definition) is 1. The van der Waals surface area contributed by atoms with Crippen molar-refractivity contribution in [2.24, 2.45) is 0 Å². The van der Waals surface area contributed by atoms with Crippen LogP contribution in [0.5, 0.6) is 5.75 Å². The second-order valence-electron chi connectivity index (χ2n) is 6.07. The van der Waals surface area contributed by atoms with Crippen molar-refractivity contribution in [3.63, 3.8) is 0 Å². The molecule has 0 spiro atoms. The fraction of sp³-hybridized carbons (Fsp3) is 0.158. The lowest BCUT2D eigenvalue weighted by molar-refractivity contribution is -0.384. The normalized spacial score (nSPS) is 11.2. The molecule has 31 heavy (non-hydrogen) atoms. The topological polar surface area (TPSA) is 99.3 Å². The summed E-state index contributed by atoms with van der Waals surface area (Å²) < 4.78 is 42.8. The van der Waals surface area contributed by atoms with Gasteiger partial charge in [0.15, 0.2) is 5.16 Å². The minimum Gasteiger partial charge on any atom is -0.406 e. The third-order valence-electron chi connectivity index (χ3n) is 4.02. The number of hydrogen-bond acceptors (Lipinski definition) is 6. The number of nitro groups is 1. The molecular weight excluding hydrogens is 437 g/mol. The quantitative estimate of drug-likeness (QED) is 0.328. The van der Waals surface area contributed by atoms with Gasteiger partial charge in [0.05, 0.1) is 22.6 Å². The molecule has 0 fully saturated rings. The van der Waals surface area contributed by atoms with Crippen molar-refractivity contribution in [1.29, 1.82) is 0 Å². The Hall–Kier alpha value is -3.54. The molecule has 0 radical (unpaired) electrons. The number of alkyl halides is 3. The van der Waals surface area contributed by atoms with Gasteiger partial charge in [0.2, 0.25) is 5.91 Å². The zero-order valence-electron chi connectivity index (χ0n) is 15.9. The molecular formula is C19H15F3N4O4S. The first-order valence-electron chi connectivity index (χ1n) is 8.70. The number of aromatic nitrogens is 2. The minimum atomic E-state index is -4.82. The number of carbonyl (C=O) groups is 1. The van der Waals surface area contributed by atoms with Crippen molar-refractivity contribution in [2.45, 2.75) is 11.5 Å². The van der Waals surface area contributed by atoms with E-state index < -0.39 is 17.0 Å². The molecule has 1 N–H and O–H groups in total. The summed E-state index contributed by atoms with van der Waals surface area (Å²) in [6, 6.07) is 11.0. The third-order valence-corrected chi connectivity index (χ3v) is 4.97. The van der Waals surface area contributed by atoms with E-state index in [1.807, 2.05) is 0 Å². The Morgan fingerprint density at radius 3 is 2.58 bits per heavy atom. The molecule has 12 heteroatoms. The summed E-state index contributed by atoms with van der Waals surface area (Å²) in [6.45, 7) is 0. The van der Waals surface area contributed by atoms with Gasteiger partial charge in [-0.25, -0.2) is 4.98 Å². The molecule has 8 nitrogen and oxygen atoms in total. The smallest absolute Gasteiger partial charge is 0.406 e. The molecule has 2 aromatic carbocycles. The Balaban J connectivity index is 2.05. The van der Waals surface area contributed by atoms with Crippen LogP contribution in [0, 0.1) is 10.1 Å². The average molecular weight is 452 g/mol. The lowest BCUT2D eigenvalue weighted by Gasteiger charge is -2.13. The van der Waals surface area contributed by atoms with Gasteiger partial charge in [0.25, 0.3) is 5.69 Å². The first kappa shape index (κ1) is 22.2. The van der Waals surface area contributed by atoms with Crippen LogP contribution in [0.3, 0.4) is 0 Å². The number of imidazole rings is 1. The van der Waals surface area contributed by atoms with E-state index >= 15 is 0 Å². The molecule has 0 unspecified atom stereocenters. The molecule has 3 aromatic rings. The van der Waals surface area contributed by atoms with E-state index in [9.17, 15) is 28.1 Å². The van der Waals surface area contributed by atoms with E-state index in [1.54, 1.807) is 10.6 Å². The molecule has 0 saturated carbocycles. The number of ether oxygens (including phenoxy) is 1. The van der Waals surface area contributed by atoms with E-state index in [1.165, 1.54) is 43.6 Å². The van der Waals surface area contributed by atoms with E-state index in [2.05, 4.69) is 15.0 Å². The number of amides is 1. The summed E-state index contributed by atoms with van der Waals surface area (Å²) in [6.07, 6.45) is -3.34. The Labute approximate surface area is 178 Å². The van der Waals surface area contributed by atoms with Gasteiger partial charge in [-0.05, 0) is 24.3 Å². The van der Waals surface area contributed by atoms with Crippen molar-refractivity contribution in [3.8, 4) is 22.7 Å². The van der Waals surface area contributed by atoms with Crippen LogP contribution in [0.4, 0.5) is 18.9 Å². The molecule has 1 amide bonds. The van der Waals surface area contributed by atoms with Crippen molar-refractivity contribution in [1.82, 2.24) is 14.9 Å². The number of thioether (sulfide) groups is 1. The first-order chi connectivity index (χ1) is 14.7. The minimum absolute atomic E-state index is 0.0527. The third kappa shape index (κ3) is 5.54. The maximum Gasteiger partial charge on any atom is 0.573 e. The van der Waals surface area contributed by atoms with Gasteiger partial charge >= 0.3 is 6.36 Å². The number of nitro benzene ring substituents is 1. The standard InChI is InChI=1S/C19H15F3N4O4S/c1-23-17(27)11-31-18-24-10-16(12-3-2-4-14(9-12)26(28)29)25(18)13-5-7-15(8-6-13)30-19(20,21)22/h2-10H,11H2,1H3,(H,23,27). The van der Waals surface area contributed by atoms with Gasteiger partial charge in [-0.1, -0.05) is 23.9 Å². The highest BCUT2D eigenvalue weighted by Crippen LogP contribution is 2.32. The predicted octanol–water partition coefficient (Wildman–Crippen LogP) is 4.18. The fourth-order valence-electron chi connectivity index (χ4n) is 2.67. The van der Waals surface area contributed by atoms with Gasteiger partial charge < -0.3 is 10.1 Å². The first-order valence-corrected chi connectivity index (χ1v) is 9.68. The number of benzene rings is 2. The molecule has 0 bridgehead atoms. The number of halogens is 3. The van der Waals surface area contributed by atoms with Gasteiger partial charge in [-0.3, -0.25) is 19.5 Å².